The van der Waals surface area contributed by atoms with Gasteiger partial charge in [0.05, 0.1) is 10.2 Å². The van der Waals surface area contributed by atoms with E-state index in [2.05, 4.69) is 0 Å². The minimum absolute atomic E-state index is 0.0625. The van der Waals surface area contributed by atoms with Crippen LogP contribution in [0.3, 0.4) is 0 Å². The van der Waals surface area contributed by atoms with Gasteiger partial charge >= 0.3 is 0 Å². The Morgan fingerprint density at radius 1 is 0.714 bits per heavy atom. The van der Waals surface area contributed by atoms with Gasteiger partial charge in [0.25, 0.3) is 0 Å². The lowest BCUT2D eigenvalue weighted by Crippen LogP contribution is -2.00. The van der Waals surface area contributed by atoms with E-state index in [1.165, 1.54) is 36.0 Å². The van der Waals surface area contributed by atoms with Crippen molar-refractivity contribution in [3.05, 3.63) is 118 Å². The summed E-state index contributed by atoms with van der Waals surface area (Å²) in [5.41, 5.74) is 3.22. The molecule has 0 amide bonds. The molecule has 28 heavy (non-hydrogen) atoms. The molecule has 0 radical (unpaired) electrons. The van der Waals surface area contributed by atoms with Crippen molar-refractivity contribution in [1.29, 1.82) is 0 Å². The number of carbonyl (C=O) groups excluding carboxylic acids is 1. The standard InChI is InChI=1S/C24H16F2OS/c25-19-10-6-16(7-11-19)14-21-23(27)22(15-17-8-12-20(26)13-9-17)28-24(21)18-4-2-1-3-5-18/h1-15,24H/b21-14+,22-15+. The Labute approximate surface area is 166 Å². The van der Waals surface area contributed by atoms with Crippen molar-refractivity contribution in [3.63, 3.8) is 0 Å². The highest BCUT2D eigenvalue weighted by molar-refractivity contribution is 8.05. The molecule has 0 saturated carbocycles. The van der Waals surface area contributed by atoms with Gasteiger partial charge in [0.1, 0.15) is 11.6 Å². The molecule has 4 rings (SSSR count). The molecule has 4 heteroatoms. The van der Waals surface area contributed by atoms with Crippen LogP contribution in [0.15, 0.2) is 89.3 Å². The van der Waals surface area contributed by atoms with Crippen LogP contribution in [-0.2, 0) is 4.79 Å². The molecule has 1 atom stereocenters. The Morgan fingerprint density at radius 2 is 1.25 bits per heavy atom. The quantitative estimate of drug-likeness (QED) is 0.478. The fourth-order valence-corrected chi connectivity index (χ4v) is 4.35. The van der Waals surface area contributed by atoms with Gasteiger partial charge in [-0.3, -0.25) is 4.79 Å². The van der Waals surface area contributed by atoms with Crippen LogP contribution in [0, 0.1) is 11.6 Å². The van der Waals surface area contributed by atoms with Crippen molar-refractivity contribution in [2.24, 2.45) is 0 Å². The van der Waals surface area contributed by atoms with E-state index in [1.807, 2.05) is 36.4 Å². The highest BCUT2D eigenvalue weighted by atomic mass is 32.2. The van der Waals surface area contributed by atoms with E-state index >= 15 is 0 Å². The van der Waals surface area contributed by atoms with Crippen LogP contribution in [0.25, 0.3) is 12.2 Å². The number of ketones is 1. The molecule has 3 aromatic rings. The van der Waals surface area contributed by atoms with Gasteiger partial charge < -0.3 is 0 Å². The third-order valence-electron chi connectivity index (χ3n) is 4.48. The van der Waals surface area contributed by atoms with Crippen LogP contribution in [0.4, 0.5) is 8.78 Å². The van der Waals surface area contributed by atoms with E-state index < -0.39 is 0 Å². The van der Waals surface area contributed by atoms with Crippen molar-refractivity contribution >= 4 is 29.7 Å². The summed E-state index contributed by atoms with van der Waals surface area (Å²) in [7, 11) is 0. The second-order valence-electron chi connectivity index (χ2n) is 6.45. The predicted molar refractivity (Wildman–Crippen MR) is 111 cm³/mol. The highest BCUT2D eigenvalue weighted by Gasteiger charge is 2.34. The Balaban J connectivity index is 1.75. The van der Waals surface area contributed by atoms with Crippen LogP contribution in [-0.4, -0.2) is 5.78 Å². The van der Waals surface area contributed by atoms with Crippen molar-refractivity contribution in [2.75, 3.05) is 0 Å². The molecule has 1 fully saturated rings. The van der Waals surface area contributed by atoms with Gasteiger partial charge in [0.2, 0.25) is 0 Å². The van der Waals surface area contributed by atoms with E-state index in [4.69, 9.17) is 0 Å². The lowest BCUT2D eigenvalue weighted by atomic mass is 9.98. The average molecular weight is 390 g/mol. The fraction of sp³-hybridized carbons (Fsp3) is 0.0417. The van der Waals surface area contributed by atoms with Gasteiger partial charge in [0.15, 0.2) is 5.78 Å². The average Bonchev–Trinajstić information content (AvgIpc) is 3.02. The molecular weight excluding hydrogens is 374 g/mol. The third kappa shape index (κ3) is 3.97. The van der Waals surface area contributed by atoms with Gasteiger partial charge in [0, 0.05) is 5.57 Å². The lowest BCUT2D eigenvalue weighted by Gasteiger charge is -2.10. The molecule has 0 bridgehead atoms. The molecule has 0 N–H and O–H groups in total. The maximum Gasteiger partial charge on any atom is 0.196 e. The minimum Gasteiger partial charge on any atom is -0.288 e. The maximum absolute atomic E-state index is 13.2. The molecule has 0 aliphatic carbocycles. The molecule has 1 heterocycles. The molecule has 1 aliphatic heterocycles. The second kappa shape index (κ2) is 7.95. The predicted octanol–water partition coefficient (Wildman–Crippen LogP) is 6.45. The van der Waals surface area contributed by atoms with Crippen LogP contribution in [0.5, 0.6) is 0 Å². The smallest absolute Gasteiger partial charge is 0.196 e. The summed E-state index contributed by atoms with van der Waals surface area (Å²) in [4.78, 5) is 13.7. The summed E-state index contributed by atoms with van der Waals surface area (Å²) in [5, 5.41) is -0.148. The Hall–Kier alpha value is -2.98. The summed E-state index contributed by atoms with van der Waals surface area (Å²) in [6.07, 6.45) is 3.60. The third-order valence-corrected chi connectivity index (χ3v) is 5.79. The monoisotopic (exact) mass is 390 g/mol. The molecule has 0 spiro atoms. The molecule has 0 aromatic heterocycles. The highest BCUT2D eigenvalue weighted by Crippen LogP contribution is 2.50. The Morgan fingerprint density at radius 3 is 1.82 bits per heavy atom. The number of allylic oxidation sites excluding steroid dienone is 1. The zero-order valence-electron chi connectivity index (χ0n) is 14.8. The molecule has 3 aromatic carbocycles. The number of rotatable bonds is 3. The summed E-state index contributed by atoms with van der Waals surface area (Å²) in [6.45, 7) is 0. The summed E-state index contributed by atoms with van der Waals surface area (Å²) in [6, 6.07) is 21.9. The minimum atomic E-state index is -0.314. The normalized spacial score (nSPS) is 19.5. The largest absolute Gasteiger partial charge is 0.288 e. The van der Waals surface area contributed by atoms with E-state index in [-0.39, 0.29) is 22.7 Å². The molecule has 1 unspecified atom stereocenters. The van der Waals surface area contributed by atoms with Crippen molar-refractivity contribution in [2.45, 2.75) is 5.25 Å². The first kappa shape index (κ1) is 18.4. The number of halogens is 2. The zero-order chi connectivity index (χ0) is 19.5. The van der Waals surface area contributed by atoms with Crippen LogP contribution < -0.4 is 0 Å². The van der Waals surface area contributed by atoms with Gasteiger partial charge in [-0.2, -0.15) is 0 Å². The summed E-state index contributed by atoms with van der Waals surface area (Å²) < 4.78 is 26.4. The van der Waals surface area contributed by atoms with E-state index in [9.17, 15) is 13.6 Å². The van der Waals surface area contributed by atoms with Crippen LogP contribution in [0.2, 0.25) is 0 Å². The second-order valence-corrected chi connectivity index (χ2v) is 7.60. The number of hydrogen-bond donors (Lipinski definition) is 0. The number of benzene rings is 3. The number of thioether (sulfide) groups is 1. The summed E-state index contributed by atoms with van der Waals surface area (Å²) >= 11 is 1.48. The van der Waals surface area contributed by atoms with E-state index in [1.54, 1.807) is 30.3 Å². The maximum atomic E-state index is 13.2. The fourth-order valence-electron chi connectivity index (χ4n) is 3.07. The van der Waals surface area contributed by atoms with Crippen molar-refractivity contribution in [1.82, 2.24) is 0 Å². The Kier molecular flexibility index (Phi) is 5.22. The zero-order valence-corrected chi connectivity index (χ0v) is 15.6. The van der Waals surface area contributed by atoms with Gasteiger partial charge in [-0.25, -0.2) is 8.78 Å². The SMILES string of the molecule is O=C1/C(=C\c2ccc(F)cc2)SC(c2ccccc2)/C1=C/c1ccc(F)cc1. The van der Waals surface area contributed by atoms with E-state index in [0.717, 1.165) is 16.7 Å². The molecule has 1 nitrogen and oxygen atoms in total. The summed E-state index contributed by atoms with van der Waals surface area (Å²) in [5.74, 6) is -0.690. The number of carbonyl (C=O) groups is 1. The first-order valence-electron chi connectivity index (χ1n) is 8.81. The number of hydrogen-bond acceptors (Lipinski definition) is 2. The molecular formula is C24H16F2OS. The van der Waals surface area contributed by atoms with Crippen molar-refractivity contribution in [3.8, 4) is 0 Å². The van der Waals surface area contributed by atoms with Gasteiger partial charge in [-0.15, -0.1) is 11.8 Å². The first-order chi connectivity index (χ1) is 13.6. The lowest BCUT2D eigenvalue weighted by molar-refractivity contribution is -0.111. The van der Waals surface area contributed by atoms with E-state index in [0.29, 0.717) is 10.5 Å². The van der Waals surface area contributed by atoms with Crippen LogP contribution >= 0.6 is 11.8 Å². The Bertz CT molecular complexity index is 1050. The molecule has 138 valence electrons. The van der Waals surface area contributed by atoms with Crippen molar-refractivity contribution < 1.29 is 13.6 Å². The van der Waals surface area contributed by atoms with Gasteiger partial charge in [-0.05, 0) is 53.1 Å². The molecule has 1 aliphatic rings. The number of Topliss-reactive ketones (excluding diaryl/α,β-unsaturated/α-hetero) is 1. The topological polar surface area (TPSA) is 17.1 Å². The van der Waals surface area contributed by atoms with Gasteiger partial charge in [-0.1, -0.05) is 54.6 Å². The first-order valence-corrected chi connectivity index (χ1v) is 9.69. The van der Waals surface area contributed by atoms with Crippen LogP contribution in [0.1, 0.15) is 21.9 Å². The molecule has 1 saturated heterocycles.